The Morgan fingerprint density at radius 3 is 2.31 bits per heavy atom. The molecule has 1 aromatic carbocycles. The molecule has 0 aliphatic carbocycles. The van der Waals surface area contributed by atoms with Crippen LogP contribution in [0.1, 0.15) is 0 Å². The van der Waals surface area contributed by atoms with Crippen molar-refractivity contribution in [1.82, 2.24) is 4.90 Å². The standard InChI is InChI=1S/C11H15Cl2N2S/c1-14(2)11(15(3)4)16-10-6-5-8(12)7-9(10)13/h5-7H,1-4H3/q+1. The van der Waals surface area contributed by atoms with Crippen molar-refractivity contribution in [2.24, 2.45) is 0 Å². The van der Waals surface area contributed by atoms with Crippen LogP contribution in [0, 0.1) is 0 Å². The Bertz CT molecular complexity index is 412. The average Bonchev–Trinajstić information content (AvgIpc) is 2.15. The van der Waals surface area contributed by atoms with Crippen molar-refractivity contribution in [2.45, 2.75) is 4.90 Å². The molecule has 0 bridgehead atoms. The molecule has 0 aliphatic heterocycles. The van der Waals surface area contributed by atoms with Crippen molar-refractivity contribution in [3.63, 3.8) is 0 Å². The third-order valence-corrected chi connectivity index (χ3v) is 4.01. The minimum Gasteiger partial charge on any atom is -0.261 e. The highest BCUT2D eigenvalue weighted by atomic mass is 35.5. The molecule has 0 saturated heterocycles. The highest BCUT2D eigenvalue weighted by Gasteiger charge is 2.15. The quantitative estimate of drug-likeness (QED) is 0.336. The first-order valence-electron chi connectivity index (χ1n) is 4.76. The Hall–Kier alpha value is -0.380. The smallest absolute Gasteiger partial charge is 0.261 e. The second-order valence-corrected chi connectivity index (χ2v) is 5.60. The molecule has 1 aromatic rings. The van der Waals surface area contributed by atoms with Crippen molar-refractivity contribution < 1.29 is 4.58 Å². The van der Waals surface area contributed by atoms with E-state index in [9.17, 15) is 0 Å². The number of rotatable bonds is 1. The van der Waals surface area contributed by atoms with Crippen molar-refractivity contribution >= 4 is 40.1 Å². The average molecular weight is 278 g/mol. The van der Waals surface area contributed by atoms with Crippen LogP contribution in [0.25, 0.3) is 0 Å². The Kier molecular flexibility index (Phi) is 4.96. The van der Waals surface area contributed by atoms with E-state index in [-0.39, 0.29) is 0 Å². The van der Waals surface area contributed by atoms with Crippen molar-refractivity contribution in [1.29, 1.82) is 0 Å². The van der Waals surface area contributed by atoms with Gasteiger partial charge >= 0.3 is 5.17 Å². The number of amidine groups is 1. The summed E-state index contributed by atoms with van der Waals surface area (Å²) < 4.78 is 2.05. The maximum atomic E-state index is 6.13. The largest absolute Gasteiger partial charge is 0.312 e. The zero-order chi connectivity index (χ0) is 12.3. The van der Waals surface area contributed by atoms with E-state index in [4.69, 9.17) is 23.2 Å². The third kappa shape index (κ3) is 3.58. The maximum absolute atomic E-state index is 6.13. The molecule has 0 radical (unpaired) electrons. The van der Waals surface area contributed by atoms with E-state index >= 15 is 0 Å². The van der Waals surface area contributed by atoms with Gasteiger partial charge < -0.3 is 0 Å². The van der Waals surface area contributed by atoms with Crippen molar-refractivity contribution in [3.8, 4) is 0 Å². The first-order valence-corrected chi connectivity index (χ1v) is 6.33. The van der Waals surface area contributed by atoms with Crippen LogP contribution < -0.4 is 0 Å². The van der Waals surface area contributed by atoms with E-state index in [0.717, 1.165) is 10.1 Å². The van der Waals surface area contributed by atoms with Gasteiger partial charge in [-0.1, -0.05) is 23.2 Å². The number of benzene rings is 1. The lowest BCUT2D eigenvalue weighted by molar-refractivity contribution is -0.466. The van der Waals surface area contributed by atoms with Gasteiger partial charge in [0.05, 0.1) is 33.2 Å². The van der Waals surface area contributed by atoms with Gasteiger partial charge in [-0.25, -0.2) is 0 Å². The molecular formula is C11H15Cl2N2S+. The van der Waals surface area contributed by atoms with Gasteiger partial charge in [-0.05, 0) is 30.0 Å². The summed E-state index contributed by atoms with van der Waals surface area (Å²) in [5, 5.41) is 2.45. The predicted octanol–water partition coefficient (Wildman–Crippen LogP) is 3.28. The molecule has 88 valence electrons. The highest BCUT2D eigenvalue weighted by Crippen LogP contribution is 2.30. The molecule has 0 aliphatic rings. The van der Waals surface area contributed by atoms with E-state index < -0.39 is 0 Å². The van der Waals surface area contributed by atoms with Crippen LogP contribution in [0.3, 0.4) is 0 Å². The van der Waals surface area contributed by atoms with Crippen molar-refractivity contribution in [2.75, 3.05) is 28.2 Å². The van der Waals surface area contributed by atoms with Gasteiger partial charge in [-0.2, -0.15) is 0 Å². The van der Waals surface area contributed by atoms with Gasteiger partial charge in [-0.15, -0.1) is 0 Å². The molecule has 16 heavy (non-hydrogen) atoms. The summed E-state index contributed by atoms with van der Waals surface area (Å²) in [5.41, 5.74) is 0. The summed E-state index contributed by atoms with van der Waals surface area (Å²) in [7, 11) is 8.02. The molecule has 0 amide bonds. The van der Waals surface area contributed by atoms with Crippen LogP contribution in [-0.2, 0) is 0 Å². The zero-order valence-electron chi connectivity index (χ0n) is 9.79. The van der Waals surface area contributed by atoms with E-state index in [1.807, 2.05) is 40.3 Å². The molecule has 0 aromatic heterocycles. The summed E-state index contributed by atoms with van der Waals surface area (Å²) in [6.45, 7) is 0. The fourth-order valence-electron chi connectivity index (χ4n) is 1.24. The molecule has 0 N–H and O–H groups in total. The van der Waals surface area contributed by atoms with Crippen LogP contribution in [-0.4, -0.2) is 42.8 Å². The summed E-state index contributed by atoms with van der Waals surface area (Å²) in [6.07, 6.45) is 0. The van der Waals surface area contributed by atoms with Crippen LogP contribution in [0.4, 0.5) is 0 Å². The second kappa shape index (κ2) is 5.80. The first kappa shape index (κ1) is 13.7. The van der Waals surface area contributed by atoms with Gasteiger partial charge in [0.2, 0.25) is 0 Å². The Balaban J connectivity index is 3.00. The van der Waals surface area contributed by atoms with Gasteiger partial charge in [0.1, 0.15) is 0 Å². The van der Waals surface area contributed by atoms with Gasteiger partial charge in [0.25, 0.3) is 0 Å². The molecule has 0 fully saturated rings. The predicted molar refractivity (Wildman–Crippen MR) is 73.1 cm³/mol. The Morgan fingerprint density at radius 2 is 1.88 bits per heavy atom. The monoisotopic (exact) mass is 277 g/mol. The van der Waals surface area contributed by atoms with Crippen LogP contribution in [0.2, 0.25) is 10.0 Å². The minimum atomic E-state index is 0.658. The van der Waals surface area contributed by atoms with E-state index in [2.05, 4.69) is 9.48 Å². The maximum Gasteiger partial charge on any atom is 0.312 e. The SMILES string of the molecule is CN(C)C(Sc1ccc(Cl)cc1Cl)=[N+](C)C. The van der Waals surface area contributed by atoms with Crippen molar-refractivity contribution in [3.05, 3.63) is 28.2 Å². The summed E-state index contributed by atoms with van der Waals surface area (Å²) in [6, 6.07) is 5.54. The molecule has 1 rings (SSSR count). The molecule has 5 heteroatoms. The second-order valence-electron chi connectivity index (χ2n) is 3.75. The topological polar surface area (TPSA) is 6.25 Å². The number of halogens is 2. The molecule has 0 spiro atoms. The zero-order valence-corrected chi connectivity index (χ0v) is 12.1. The Labute approximate surface area is 111 Å². The molecule has 0 saturated carbocycles. The lowest BCUT2D eigenvalue weighted by atomic mass is 10.4. The highest BCUT2D eigenvalue weighted by molar-refractivity contribution is 8.13. The molecule has 0 heterocycles. The summed E-state index contributed by atoms with van der Waals surface area (Å²) in [5.74, 6) is 0. The normalized spacial score (nSPS) is 10.1. The Morgan fingerprint density at radius 1 is 1.25 bits per heavy atom. The number of hydrogen-bond donors (Lipinski definition) is 0. The lowest BCUT2D eigenvalue weighted by Crippen LogP contribution is -2.26. The fourth-order valence-corrected chi connectivity index (χ4v) is 2.62. The first-order chi connectivity index (χ1) is 7.41. The molecule has 0 atom stereocenters. The van der Waals surface area contributed by atoms with Gasteiger partial charge in [0, 0.05) is 9.92 Å². The van der Waals surface area contributed by atoms with Crippen LogP contribution >= 0.6 is 35.0 Å². The van der Waals surface area contributed by atoms with E-state index in [0.29, 0.717) is 10.0 Å². The van der Waals surface area contributed by atoms with Gasteiger partial charge in [0.15, 0.2) is 0 Å². The molecule has 2 nitrogen and oxygen atoms in total. The third-order valence-electron chi connectivity index (χ3n) is 1.86. The number of hydrogen-bond acceptors (Lipinski definition) is 1. The van der Waals surface area contributed by atoms with Crippen LogP contribution in [0.5, 0.6) is 0 Å². The van der Waals surface area contributed by atoms with E-state index in [1.54, 1.807) is 17.8 Å². The van der Waals surface area contributed by atoms with Crippen LogP contribution in [0.15, 0.2) is 23.1 Å². The number of thioether (sulfide) groups is 1. The van der Waals surface area contributed by atoms with E-state index in [1.165, 1.54) is 0 Å². The number of nitrogens with zero attached hydrogens (tertiary/aromatic N) is 2. The summed E-state index contributed by atoms with van der Waals surface area (Å²) >= 11 is 13.6. The lowest BCUT2D eigenvalue weighted by Gasteiger charge is -2.11. The molecule has 0 unspecified atom stereocenters. The summed E-state index contributed by atoms with van der Waals surface area (Å²) in [4.78, 5) is 3.05. The minimum absolute atomic E-state index is 0.658. The fraction of sp³-hybridized carbons (Fsp3) is 0.364. The molecular weight excluding hydrogens is 263 g/mol. The van der Waals surface area contributed by atoms with Gasteiger partial charge in [-0.3, -0.25) is 9.48 Å².